The second-order valence-corrected chi connectivity index (χ2v) is 4.62. The fourth-order valence-corrected chi connectivity index (χ4v) is 1.30. The molecule has 0 heterocycles. The molecule has 0 spiro atoms. The van der Waals surface area contributed by atoms with Gasteiger partial charge in [-0.05, 0) is 20.3 Å². The summed E-state index contributed by atoms with van der Waals surface area (Å²) < 4.78 is 5.00. The van der Waals surface area contributed by atoms with Crippen LogP contribution in [0.2, 0.25) is 0 Å². The van der Waals surface area contributed by atoms with Gasteiger partial charge in [0, 0.05) is 0 Å². The molecule has 3 nitrogen and oxygen atoms in total. The molecule has 15 heavy (non-hydrogen) atoms. The van der Waals surface area contributed by atoms with E-state index in [0.29, 0.717) is 6.61 Å². The van der Waals surface area contributed by atoms with E-state index >= 15 is 0 Å². The zero-order valence-corrected chi connectivity index (χ0v) is 10.2. The fourth-order valence-electron chi connectivity index (χ4n) is 1.30. The lowest BCUT2D eigenvalue weighted by Gasteiger charge is -2.15. The monoisotopic (exact) mass is 216 g/mol. The summed E-state index contributed by atoms with van der Waals surface area (Å²) in [6.07, 6.45) is 5.79. The lowest BCUT2D eigenvalue weighted by Crippen LogP contribution is -2.24. The Morgan fingerprint density at radius 3 is 2.33 bits per heavy atom. The topological polar surface area (TPSA) is 46.5 Å². The van der Waals surface area contributed by atoms with Gasteiger partial charge in [0.1, 0.15) is 0 Å². The van der Waals surface area contributed by atoms with Crippen molar-refractivity contribution >= 4 is 5.97 Å². The molecule has 0 saturated carbocycles. The third-order valence-corrected chi connectivity index (χ3v) is 2.09. The van der Waals surface area contributed by atoms with Crippen molar-refractivity contribution in [1.82, 2.24) is 0 Å². The van der Waals surface area contributed by atoms with Gasteiger partial charge >= 0.3 is 5.97 Å². The van der Waals surface area contributed by atoms with E-state index in [4.69, 9.17) is 4.74 Å². The van der Waals surface area contributed by atoms with Gasteiger partial charge in [0.25, 0.3) is 0 Å². The van der Waals surface area contributed by atoms with Crippen LogP contribution in [0.15, 0.2) is 0 Å². The molecule has 90 valence electrons. The number of carbonyl (C=O) groups is 1. The molecular formula is C12H24O3. The zero-order chi connectivity index (χ0) is 11.7. The van der Waals surface area contributed by atoms with Crippen LogP contribution < -0.4 is 0 Å². The lowest BCUT2D eigenvalue weighted by molar-refractivity contribution is -0.148. The molecule has 0 fully saturated rings. The first kappa shape index (κ1) is 14.4. The van der Waals surface area contributed by atoms with Gasteiger partial charge in [-0.1, -0.05) is 32.6 Å². The quantitative estimate of drug-likeness (QED) is 0.501. The standard InChI is InChI=1S/C12H24O3/c1-4-5-6-7-8-9-15-11(13)10-12(2,3)14/h14H,4-10H2,1-3H3. The van der Waals surface area contributed by atoms with Crippen molar-refractivity contribution in [1.29, 1.82) is 0 Å². The molecule has 0 radical (unpaired) electrons. The van der Waals surface area contributed by atoms with E-state index in [0.717, 1.165) is 12.8 Å². The van der Waals surface area contributed by atoms with Gasteiger partial charge < -0.3 is 9.84 Å². The highest BCUT2D eigenvalue weighted by atomic mass is 16.5. The minimum absolute atomic E-state index is 0.0714. The Bertz CT molecular complexity index is 170. The first-order valence-corrected chi connectivity index (χ1v) is 5.83. The first-order valence-electron chi connectivity index (χ1n) is 5.83. The van der Waals surface area contributed by atoms with Gasteiger partial charge in [-0.15, -0.1) is 0 Å². The molecule has 0 amide bonds. The van der Waals surface area contributed by atoms with Crippen molar-refractivity contribution < 1.29 is 14.6 Å². The Hall–Kier alpha value is -0.570. The summed E-state index contributed by atoms with van der Waals surface area (Å²) in [6.45, 7) is 5.87. The number of carbonyl (C=O) groups excluding carboxylic acids is 1. The molecule has 0 rings (SSSR count). The molecule has 0 aromatic rings. The predicted octanol–water partition coefficient (Wildman–Crippen LogP) is 2.66. The second-order valence-electron chi connectivity index (χ2n) is 4.62. The lowest BCUT2D eigenvalue weighted by atomic mass is 10.1. The molecule has 0 aromatic carbocycles. The smallest absolute Gasteiger partial charge is 0.308 e. The Kier molecular flexibility index (Phi) is 7.39. The van der Waals surface area contributed by atoms with Crippen LogP contribution in [0.4, 0.5) is 0 Å². The van der Waals surface area contributed by atoms with Crippen LogP contribution in [0, 0.1) is 0 Å². The summed E-state index contributed by atoms with van der Waals surface area (Å²) in [4.78, 5) is 11.2. The summed E-state index contributed by atoms with van der Waals surface area (Å²) in [5.74, 6) is -0.307. The van der Waals surface area contributed by atoms with Gasteiger partial charge in [0.05, 0.1) is 18.6 Å². The largest absolute Gasteiger partial charge is 0.466 e. The van der Waals surface area contributed by atoms with E-state index < -0.39 is 5.60 Å². The van der Waals surface area contributed by atoms with Gasteiger partial charge in [-0.2, -0.15) is 0 Å². The molecular weight excluding hydrogens is 192 g/mol. The molecule has 0 aromatic heterocycles. The minimum atomic E-state index is -0.959. The summed E-state index contributed by atoms with van der Waals surface area (Å²) in [5, 5.41) is 9.36. The number of esters is 1. The maximum absolute atomic E-state index is 11.2. The average Bonchev–Trinajstić information content (AvgIpc) is 2.08. The van der Waals surface area contributed by atoms with Crippen LogP contribution in [0.5, 0.6) is 0 Å². The number of aliphatic hydroxyl groups is 1. The van der Waals surface area contributed by atoms with E-state index in [1.54, 1.807) is 13.8 Å². The highest BCUT2D eigenvalue weighted by Gasteiger charge is 2.18. The SMILES string of the molecule is CCCCCCCOC(=O)CC(C)(C)O. The van der Waals surface area contributed by atoms with E-state index in [1.165, 1.54) is 19.3 Å². The molecule has 0 aliphatic carbocycles. The zero-order valence-electron chi connectivity index (χ0n) is 10.2. The van der Waals surface area contributed by atoms with E-state index in [1.807, 2.05) is 0 Å². The predicted molar refractivity (Wildman–Crippen MR) is 60.6 cm³/mol. The van der Waals surface area contributed by atoms with Gasteiger partial charge in [0.15, 0.2) is 0 Å². The van der Waals surface area contributed by atoms with Crippen LogP contribution in [0.25, 0.3) is 0 Å². The van der Waals surface area contributed by atoms with Crippen molar-refractivity contribution in [3.63, 3.8) is 0 Å². The van der Waals surface area contributed by atoms with Crippen molar-refractivity contribution in [2.75, 3.05) is 6.61 Å². The number of hydrogen-bond donors (Lipinski definition) is 1. The molecule has 0 aliphatic rings. The van der Waals surface area contributed by atoms with Crippen LogP contribution in [-0.2, 0) is 9.53 Å². The number of ether oxygens (including phenoxy) is 1. The van der Waals surface area contributed by atoms with Crippen molar-refractivity contribution in [3.8, 4) is 0 Å². The van der Waals surface area contributed by atoms with Crippen molar-refractivity contribution in [3.05, 3.63) is 0 Å². The van der Waals surface area contributed by atoms with Crippen LogP contribution >= 0.6 is 0 Å². The van der Waals surface area contributed by atoms with Crippen molar-refractivity contribution in [2.24, 2.45) is 0 Å². The van der Waals surface area contributed by atoms with Gasteiger partial charge in [0.2, 0.25) is 0 Å². The first-order chi connectivity index (χ1) is 6.95. The summed E-state index contributed by atoms with van der Waals surface area (Å²) in [5.41, 5.74) is -0.959. The average molecular weight is 216 g/mol. The highest BCUT2D eigenvalue weighted by Crippen LogP contribution is 2.09. The minimum Gasteiger partial charge on any atom is -0.466 e. The maximum atomic E-state index is 11.2. The van der Waals surface area contributed by atoms with Gasteiger partial charge in [-0.3, -0.25) is 4.79 Å². The molecule has 0 unspecified atom stereocenters. The molecule has 0 aliphatic heterocycles. The van der Waals surface area contributed by atoms with Gasteiger partial charge in [-0.25, -0.2) is 0 Å². The summed E-state index contributed by atoms with van der Waals surface area (Å²) in [7, 11) is 0. The summed E-state index contributed by atoms with van der Waals surface area (Å²) >= 11 is 0. The van der Waals surface area contributed by atoms with Crippen LogP contribution in [0.1, 0.15) is 59.3 Å². The Labute approximate surface area is 92.8 Å². The summed E-state index contributed by atoms with van der Waals surface area (Å²) in [6, 6.07) is 0. The molecule has 0 bridgehead atoms. The molecule has 1 N–H and O–H groups in total. The third kappa shape index (κ3) is 11.4. The third-order valence-electron chi connectivity index (χ3n) is 2.09. The van der Waals surface area contributed by atoms with E-state index in [-0.39, 0.29) is 12.4 Å². The van der Waals surface area contributed by atoms with Crippen molar-refractivity contribution in [2.45, 2.75) is 64.9 Å². The molecule has 0 saturated heterocycles. The van der Waals surface area contributed by atoms with Crippen LogP contribution in [-0.4, -0.2) is 23.3 Å². The number of unbranched alkanes of at least 4 members (excludes halogenated alkanes) is 4. The number of hydrogen-bond acceptors (Lipinski definition) is 3. The van der Waals surface area contributed by atoms with Crippen LogP contribution in [0.3, 0.4) is 0 Å². The Morgan fingerprint density at radius 2 is 1.80 bits per heavy atom. The number of rotatable bonds is 8. The Balaban J connectivity index is 3.32. The molecule has 3 heteroatoms. The maximum Gasteiger partial charge on any atom is 0.308 e. The highest BCUT2D eigenvalue weighted by molar-refractivity contribution is 5.70. The van der Waals surface area contributed by atoms with E-state index in [2.05, 4.69) is 6.92 Å². The second kappa shape index (κ2) is 7.69. The Morgan fingerprint density at radius 1 is 1.20 bits per heavy atom. The fraction of sp³-hybridized carbons (Fsp3) is 0.917. The normalized spacial score (nSPS) is 11.5. The van der Waals surface area contributed by atoms with E-state index in [9.17, 15) is 9.90 Å². The molecule has 0 atom stereocenters.